The highest BCUT2D eigenvalue weighted by molar-refractivity contribution is 6.32. The van der Waals surface area contributed by atoms with Crippen LogP contribution in [0, 0.1) is 0 Å². The van der Waals surface area contributed by atoms with E-state index in [4.69, 9.17) is 40.5 Å². The van der Waals surface area contributed by atoms with E-state index < -0.39 is 0 Å². The van der Waals surface area contributed by atoms with Gasteiger partial charge in [0.25, 0.3) is 0 Å². The summed E-state index contributed by atoms with van der Waals surface area (Å²) in [4.78, 5) is 14.6. The van der Waals surface area contributed by atoms with E-state index in [-0.39, 0.29) is 11.6 Å². The van der Waals surface area contributed by atoms with Crippen molar-refractivity contribution < 1.29 is 5.48 Å². The van der Waals surface area contributed by atoms with Crippen molar-refractivity contribution in [2.24, 2.45) is 0 Å². The van der Waals surface area contributed by atoms with Gasteiger partial charge in [-0.1, -0.05) is 34.8 Å². The average molecular weight is 314 g/mol. The van der Waals surface area contributed by atoms with Crippen molar-refractivity contribution in [1.29, 1.82) is 0 Å². The first-order chi connectivity index (χ1) is 7.58. The molecule has 0 radical (unpaired) electrons. The van der Waals surface area contributed by atoms with E-state index in [9.17, 15) is 0 Å². The van der Waals surface area contributed by atoms with Crippen molar-refractivity contribution in [3.63, 3.8) is 0 Å². The van der Waals surface area contributed by atoms with E-state index in [0.717, 1.165) is 0 Å². The zero-order valence-corrected chi connectivity index (χ0v) is 11.3. The molecule has 0 amide bonds. The molecule has 18 heavy (non-hydrogen) atoms. The summed E-state index contributed by atoms with van der Waals surface area (Å²) in [6.07, 6.45) is 5.71. The molecule has 2 aromatic heterocycles. The predicted molar refractivity (Wildman–Crippen MR) is 72.1 cm³/mol. The van der Waals surface area contributed by atoms with Gasteiger partial charge in [-0.3, -0.25) is 9.97 Å². The highest BCUT2D eigenvalue weighted by Crippen LogP contribution is 2.05. The second-order valence-corrected chi connectivity index (χ2v) is 3.59. The van der Waals surface area contributed by atoms with Gasteiger partial charge in [-0.25, -0.2) is 9.97 Å². The van der Waals surface area contributed by atoms with E-state index in [1.807, 2.05) is 0 Å². The van der Waals surface area contributed by atoms with Crippen molar-refractivity contribution in [3.05, 3.63) is 40.2 Å². The van der Waals surface area contributed by atoms with E-state index >= 15 is 0 Å². The second-order valence-electron chi connectivity index (χ2n) is 2.43. The van der Waals surface area contributed by atoms with Gasteiger partial charge in [-0.05, 0) is 0 Å². The lowest BCUT2D eigenvalue weighted by Crippen LogP contribution is -1.89. The van der Waals surface area contributed by atoms with Crippen LogP contribution in [-0.2, 0) is 0 Å². The molecule has 2 rings (SSSR count). The highest BCUT2D eigenvalue weighted by Gasteiger charge is 1.88. The van der Waals surface area contributed by atoms with Crippen LogP contribution in [0.1, 0.15) is 0 Å². The van der Waals surface area contributed by atoms with Crippen molar-refractivity contribution in [2.75, 3.05) is 5.73 Å². The Kier molecular flexibility index (Phi) is 10.3. The first-order valence-electron chi connectivity index (χ1n) is 3.94. The summed E-state index contributed by atoms with van der Waals surface area (Å²) in [6, 6.07) is 0. The van der Waals surface area contributed by atoms with Crippen molar-refractivity contribution in [3.8, 4) is 0 Å². The molecule has 0 unspecified atom stereocenters. The summed E-state index contributed by atoms with van der Waals surface area (Å²) in [5.74, 6) is 0.345. The largest absolute Gasteiger partial charge is 0.412 e. The first-order valence-corrected chi connectivity index (χ1v) is 5.07. The molecule has 10 heteroatoms. The minimum absolute atomic E-state index is 0. The van der Waals surface area contributed by atoms with E-state index in [0.29, 0.717) is 21.3 Å². The Labute approximate surface area is 118 Å². The Morgan fingerprint density at radius 1 is 0.778 bits per heavy atom. The molecule has 0 saturated carbocycles. The average Bonchev–Trinajstić information content (AvgIpc) is 2.17. The monoisotopic (exact) mass is 312 g/mol. The lowest BCUT2D eigenvalue weighted by atomic mass is 10.7. The summed E-state index contributed by atoms with van der Waals surface area (Å²) in [6.45, 7) is 0. The molecule has 0 aromatic carbocycles. The summed E-state index contributed by atoms with van der Waals surface area (Å²) >= 11 is 16.2. The van der Waals surface area contributed by atoms with Crippen LogP contribution >= 0.6 is 34.8 Å². The zero-order valence-electron chi connectivity index (χ0n) is 9.02. The maximum Gasteiger partial charge on any atom is 0.149 e. The Morgan fingerprint density at radius 2 is 1.17 bits per heavy atom. The molecule has 0 aliphatic rings. The number of aromatic nitrogens is 4. The summed E-state index contributed by atoms with van der Waals surface area (Å²) < 4.78 is 0. The third kappa shape index (κ3) is 7.93. The minimum atomic E-state index is 0. The van der Waals surface area contributed by atoms with Crippen LogP contribution in [0.3, 0.4) is 0 Å². The number of nitrogens with zero attached hydrogens (tertiary/aromatic N) is 4. The molecule has 7 N–H and O–H groups in total. The van der Waals surface area contributed by atoms with Crippen molar-refractivity contribution >= 4 is 40.6 Å². The quantitative estimate of drug-likeness (QED) is 0.759. The molecule has 0 aliphatic heterocycles. The van der Waals surface area contributed by atoms with Gasteiger partial charge in [0.15, 0.2) is 0 Å². The van der Waals surface area contributed by atoms with Crippen molar-refractivity contribution in [1.82, 2.24) is 26.1 Å². The summed E-state index contributed by atoms with van der Waals surface area (Å²) in [5.41, 5.74) is 5.20. The highest BCUT2D eigenvalue weighted by atomic mass is 35.5. The van der Waals surface area contributed by atoms with Gasteiger partial charge in [-0.2, -0.15) is 0 Å². The molecule has 7 nitrogen and oxygen atoms in total. The predicted octanol–water partition coefficient (Wildman–Crippen LogP) is 1.83. The summed E-state index contributed by atoms with van der Waals surface area (Å²) in [7, 11) is 0. The second kappa shape index (κ2) is 9.75. The van der Waals surface area contributed by atoms with Crippen LogP contribution in [0.2, 0.25) is 15.5 Å². The molecule has 2 aromatic rings. The van der Waals surface area contributed by atoms with Crippen LogP contribution in [-0.4, -0.2) is 25.4 Å². The molecule has 0 fully saturated rings. The van der Waals surface area contributed by atoms with Gasteiger partial charge in [0, 0.05) is 0 Å². The number of hydrogen-bond donors (Lipinski definition) is 2. The van der Waals surface area contributed by atoms with E-state index in [2.05, 4.69) is 19.9 Å². The SMILES string of the molecule is Clc1cncc(Cl)n1.N.Nc1cncc(Cl)n1.O. The van der Waals surface area contributed by atoms with Crippen LogP contribution < -0.4 is 11.9 Å². The number of halogens is 3. The third-order valence-corrected chi connectivity index (χ3v) is 1.75. The normalized spacial score (nSPS) is 8.17. The zero-order chi connectivity index (χ0) is 12.0. The number of nitrogens with two attached hydrogens (primary N) is 1. The smallest absolute Gasteiger partial charge is 0.149 e. The fourth-order valence-corrected chi connectivity index (χ4v) is 1.17. The van der Waals surface area contributed by atoms with Gasteiger partial charge in [0.2, 0.25) is 0 Å². The molecule has 0 aliphatic carbocycles. The van der Waals surface area contributed by atoms with Crippen LogP contribution in [0.4, 0.5) is 5.82 Å². The van der Waals surface area contributed by atoms with Gasteiger partial charge in [-0.15, -0.1) is 0 Å². The number of anilines is 1. The van der Waals surface area contributed by atoms with Gasteiger partial charge >= 0.3 is 0 Å². The molecular formula is C8H11Cl3N6O. The Bertz CT molecular complexity index is 394. The first kappa shape index (κ1) is 19.1. The van der Waals surface area contributed by atoms with Crippen LogP contribution in [0.5, 0.6) is 0 Å². The number of hydrogen-bond acceptors (Lipinski definition) is 6. The fourth-order valence-electron chi connectivity index (χ4n) is 0.676. The lowest BCUT2D eigenvalue weighted by molar-refractivity contribution is 0.824. The molecule has 0 bridgehead atoms. The maximum absolute atomic E-state index is 5.39. The minimum Gasteiger partial charge on any atom is -0.412 e. The molecular weight excluding hydrogens is 302 g/mol. The number of nitrogen functional groups attached to an aromatic ring is 1. The molecule has 0 atom stereocenters. The standard InChI is InChI=1S/C4H2Cl2N2.C4H4ClN3.H3N.H2O/c2*5-3-1-7-2-4(6)8-3;;/h1-2H;1-2H,(H2,6,8);1H3;1H2. The van der Waals surface area contributed by atoms with Crippen LogP contribution in [0.15, 0.2) is 24.8 Å². The van der Waals surface area contributed by atoms with Gasteiger partial charge < -0.3 is 17.4 Å². The van der Waals surface area contributed by atoms with E-state index in [1.165, 1.54) is 24.8 Å². The molecule has 100 valence electrons. The van der Waals surface area contributed by atoms with E-state index in [1.54, 1.807) is 0 Å². The topological polar surface area (TPSA) is 144 Å². The Morgan fingerprint density at radius 3 is 1.39 bits per heavy atom. The van der Waals surface area contributed by atoms with Crippen molar-refractivity contribution in [2.45, 2.75) is 0 Å². The molecule has 0 spiro atoms. The maximum atomic E-state index is 5.39. The summed E-state index contributed by atoms with van der Waals surface area (Å²) in [5, 5.41) is 0.958. The van der Waals surface area contributed by atoms with Crippen LogP contribution in [0.25, 0.3) is 0 Å². The number of rotatable bonds is 0. The molecule has 2 heterocycles. The fraction of sp³-hybridized carbons (Fsp3) is 0. The third-order valence-electron chi connectivity index (χ3n) is 1.20. The Balaban J connectivity index is 0. The van der Waals surface area contributed by atoms with Gasteiger partial charge in [0.1, 0.15) is 21.3 Å². The Hall–Kier alpha value is -1.25. The van der Waals surface area contributed by atoms with Gasteiger partial charge in [0.05, 0.1) is 24.8 Å². The lowest BCUT2D eigenvalue weighted by Gasteiger charge is -1.87. The molecule has 0 saturated heterocycles.